The molecule has 0 aromatic carbocycles. The summed E-state index contributed by atoms with van der Waals surface area (Å²) in [7, 11) is 0. The first kappa shape index (κ1) is 85.0. The number of allylic oxidation sites excluding steroid dienone is 5. The van der Waals surface area contributed by atoms with Crippen molar-refractivity contribution in [1.29, 1.82) is 0 Å². The molecule has 2 saturated heterocycles. The molecule has 0 aromatic heterocycles. The number of hydrogen-bond donors (Lipinski definition) is 23. The normalized spacial score (nSPS) is 27.6. The van der Waals surface area contributed by atoms with Gasteiger partial charge >= 0.3 is 0 Å². The fraction of sp³-hybridized carbons (Fsp3) is 0.761. The molecule has 0 bridgehead atoms. The molecule has 534 valence electrons. The smallest absolute Gasteiger partial charge is 0.115 e. The minimum absolute atomic E-state index is 0.00281. The molecule has 25 nitrogen and oxygen atoms in total. The van der Waals surface area contributed by atoms with E-state index < -0.39 is 171 Å². The number of ether oxygens (including phenoxy) is 2. The summed E-state index contributed by atoms with van der Waals surface area (Å²) >= 11 is 0. The predicted octanol–water partition coefficient (Wildman–Crippen LogP) is -1.25. The van der Waals surface area contributed by atoms with Crippen LogP contribution in [-0.4, -0.2) is 283 Å². The summed E-state index contributed by atoms with van der Waals surface area (Å²) in [4.78, 5) is 0. The first-order valence-electron chi connectivity index (χ1n) is 32.6. The standard InChI is InChI=1S/C67H116O25/c1-5-6-7-17-42(69)18-8-9-19-43(70)20-11-13-29-51(78)61(86)66-64(89)55(82)37-57(92-66)65(90)58(83)40(3)31-33-49(76)56-36-54(81)63(88)67(91-56)62(87)52(79)34-39(2)30-32-47(74)35-53(80)60(85)41(4)59(84)50(77)28-12-10-21-44(71)22-14-23-45(72)24-15-25-46(73)26-16-27-48(75)38-68/h5,8-10,12-14,18-19,22,29,34,41-90H,1,3,6-7,11,15-17,20-21,23-28,30-33,35-38H2,2,4H3/b12-10+,18-8+,19-9+,22-14+,29-13+,39-34+. The summed E-state index contributed by atoms with van der Waals surface area (Å²) in [6.07, 6.45) is -12.9. The van der Waals surface area contributed by atoms with Crippen LogP contribution in [0, 0.1) is 5.92 Å². The fourth-order valence-corrected chi connectivity index (χ4v) is 11.0. The van der Waals surface area contributed by atoms with E-state index in [0.29, 0.717) is 50.5 Å². The molecule has 0 saturated carbocycles. The van der Waals surface area contributed by atoms with Crippen LogP contribution in [0.2, 0.25) is 0 Å². The van der Waals surface area contributed by atoms with Crippen LogP contribution in [-0.2, 0) is 9.47 Å². The molecule has 2 rings (SSSR count). The maximum Gasteiger partial charge on any atom is 0.115 e. The maximum absolute atomic E-state index is 11.2. The molecule has 2 aliphatic rings. The van der Waals surface area contributed by atoms with Gasteiger partial charge in [-0.25, -0.2) is 0 Å². The van der Waals surface area contributed by atoms with Crippen molar-refractivity contribution < 1.29 is 127 Å². The second-order valence-corrected chi connectivity index (χ2v) is 25.3. The number of aliphatic hydroxyl groups excluding tert-OH is 23. The Morgan fingerprint density at radius 3 is 1.65 bits per heavy atom. The van der Waals surface area contributed by atoms with E-state index in [4.69, 9.17) is 14.6 Å². The van der Waals surface area contributed by atoms with Crippen molar-refractivity contribution in [2.75, 3.05) is 6.61 Å². The molecule has 2 fully saturated rings. The van der Waals surface area contributed by atoms with Crippen LogP contribution in [0.25, 0.3) is 0 Å². The van der Waals surface area contributed by atoms with Crippen LogP contribution in [0.5, 0.6) is 0 Å². The summed E-state index contributed by atoms with van der Waals surface area (Å²) < 4.78 is 11.6. The van der Waals surface area contributed by atoms with Gasteiger partial charge in [0.05, 0.1) is 104 Å². The third kappa shape index (κ3) is 32.3. The molecule has 27 atom stereocenters. The van der Waals surface area contributed by atoms with E-state index >= 15 is 0 Å². The van der Waals surface area contributed by atoms with Gasteiger partial charge in [0.15, 0.2) is 0 Å². The van der Waals surface area contributed by atoms with E-state index in [9.17, 15) is 112 Å². The van der Waals surface area contributed by atoms with Gasteiger partial charge in [0, 0.05) is 25.2 Å². The lowest BCUT2D eigenvalue weighted by atomic mass is 9.86. The highest BCUT2D eigenvalue weighted by Crippen LogP contribution is 2.32. The van der Waals surface area contributed by atoms with E-state index in [2.05, 4.69) is 13.2 Å². The van der Waals surface area contributed by atoms with Crippen LogP contribution >= 0.6 is 0 Å². The largest absolute Gasteiger partial charge is 0.394 e. The molecular formula is C67H116O25. The number of unbranched alkanes of at least 4 members (excludes halogenated alkanes) is 1. The van der Waals surface area contributed by atoms with Gasteiger partial charge in [-0.2, -0.15) is 0 Å². The molecule has 92 heavy (non-hydrogen) atoms. The average molecular weight is 1320 g/mol. The first-order chi connectivity index (χ1) is 43.4. The molecule has 2 aliphatic heterocycles. The van der Waals surface area contributed by atoms with Crippen molar-refractivity contribution in [2.24, 2.45) is 5.92 Å². The number of rotatable bonds is 48. The summed E-state index contributed by atoms with van der Waals surface area (Å²) in [6, 6.07) is 0. The lowest BCUT2D eigenvalue weighted by Gasteiger charge is -2.42. The topological polar surface area (TPSA) is 484 Å². The maximum atomic E-state index is 11.2. The van der Waals surface area contributed by atoms with Gasteiger partial charge in [0.1, 0.15) is 61.0 Å². The Kier molecular flexibility index (Phi) is 42.7. The van der Waals surface area contributed by atoms with Crippen LogP contribution in [0.3, 0.4) is 0 Å². The van der Waals surface area contributed by atoms with Crippen molar-refractivity contribution >= 4 is 0 Å². The molecule has 0 spiro atoms. The van der Waals surface area contributed by atoms with Crippen molar-refractivity contribution in [3.8, 4) is 0 Å². The van der Waals surface area contributed by atoms with Gasteiger partial charge < -0.3 is 127 Å². The van der Waals surface area contributed by atoms with Crippen molar-refractivity contribution in [1.82, 2.24) is 0 Å². The quantitative estimate of drug-likeness (QED) is 0.0192. The van der Waals surface area contributed by atoms with Gasteiger partial charge in [0.2, 0.25) is 0 Å². The fourth-order valence-electron chi connectivity index (χ4n) is 11.0. The molecule has 0 aliphatic carbocycles. The van der Waals surface area contributed by atoms with Crippen molar-refractivity contribution in [3.63, 3.8) is 0 Å². The summed E-state index contributed by atoms with van der Waals surface area (Å²) in [5, 5.41) is 243. The Hall–Kier alpha value is -3.08. The summed E-state index contributed by atoms with van der Waals surface area (Å²) in [5.74, 6) is -1.05. The average Bonchev–Trinajstić information content (AvgIpc) is 0.835. The second kappa shape index (κ2) is 46.2. The lowest BCUT2D eigenvalue weighted by Crippen LogP contribution is -2.59. The van der Waals surface area contributed by atoms with E-state index in [1.54, 1.807) is 49.5 Å². The van der Waals surface area contributed by atoms with E-state index in [-0.39, 0.29) is 82.8 Å². The minimum Gasteiger partial charge on any atom is -0.394 e. The van der Waals surface area contributed by atoms with E-state index in [0.717, 1.165) is 12.8 Å². The molecule has 0 aromatic rings. The van der Waals surface area contributed by atoms with E-state index in [1.165, 1.54) is 37.3 Å². The van der Waals surface area contributed by atoms with Crippen LogP contribution < -0.4 is 0 Å². The zero-order valence-corrected chi connectivity index (χ0v) is 53.6. The van der Waals surface area contributed by atoms with Gasteiger partial charge in [0.25, 0.3) is 0 Å². The Labute approximate surface area is 542 Å². The Bertz CT molecular complexity index is 2160. The van der Waals surface area contributed by atoms with Gasteiger partial charge in [-0.3, -0.25) is 0 Å². The van der Waals surface area contributed by atoms with Crippen molar-refractivity contribution in [2.45, 2.75) is 307 Å². The van der Waals surface area contributed by atoms with Crippen LogP contribution in [0.1, 0.15) is 149 Å². The molecule has 25 heteroatoms. The SMILES string of the molecule is C=CCCCC(O)/C=C/C=C/C(O)CC/C=C/C(O)C(O)C1OC(C(O)C(O)C(=C)CCC(O)C2CC(O)C(O)C(C(O)C(O)/C=C(\C)CCC(O)CC(O)C(O)C(C)C(O)C(O)C/C=C/CC(O)/C=C/CC(O)CCCC(O)CCCC(O)CO)O2)CC(O)C1O. The van der Waals surface area contributed by atoms with Crippen LogP contribution in [0.15, 0.2) is 97.2 Å². The minimum atomic E-state index is -1.86. The molecule has 0 radical (unpaired) electrons. The highest BCUT2D eigenvalue weighted by Gasteiger charge is 2.47. The number of aliphatic hydroxyl groups is 23. The van der Waals surface area contributed by atoms with Gasteiger partial charge in [-0.05, 0) is 128 Å². The molecule has 23 N–H and O–H groups in total. The zero-order valence-electron chi connectivity index (χ0n) is 53.6. The summed E-state index contributed by atoms with van der Waals surface area (Å²) in [6.45, 7) is 10.1. The molecule has 27 unspecified atom stereocenters. The van der Waals surface area contributed by atoms with Crippen LogP contribution in [0.4, 0.5) is 0 Å². The summed E-state index contributed by atoms with van der Waals surface area (Å²) in [5.41, 5.74) is 0.410. The highest BCUT2D eigenvalue weighted by molar-refractivity contribution is 5.11. The Morgan fingerprint density at radius 1 is 0.500 bits per heavy atom. The number of hydrogen-bond acceptors (Lipinski definition) is 25. The monoisotopic (exact) mass is 1320 g/mol. The van der Waals surface area contributed by atoms with Gasteiger partial charge in [-0.15, -0.1) is 6.58 Å². The Balaban J connectivity index is 1.83. The lowest BCUT2D eigenvalue weighted by molar-refractivity contribution is -0.234. The molecule has 0 amide bonds. The predicted molar refractivity (Wildman–Crippen MR) is 341 cm³/mol. The Morgan fingerprint density at radius 2 is 1.04 bits per heavy atom. The zero-order chi connectivity index (χ0) is 69.2. The second-order valence-electron chi connectivity index (χ2n) is 25.3. The molecular weight excluding hydrogens is 1200 g/mol. The molecule has 2 heterocycles. The van der Waals surface area contributed by atoms with Gasteiger partial charge in [-0.1, -0.05) is 92.0 Å². The highest BCUT2D eigenvalue weighted by atomic mass is 16.6. The van der Waals surface area contributed by atoms with E-state index in [1.807, 2.05) is 0 Å². The third-order valence-electron chi connectivity index (χ3n) is 17.2. The van der Waals surface area contributed by atoms with Crippen molar-refractivity contribution in [3.05, 3.63) is 97.2 Å². The third-order valence-corrected chi connectivity index (χ3v) is 17.2. The first-order valence-corrected chi connectivity index (χ1v) is 32.6.